The van der Waals surface area contributed by atoms with Gasteiger partial charge in [0.15, 0.2) is 17.5 Å². The summed E-state index contributed by atoms with van der Waals surface area (Å²) in [4.78, 5) is 7.01. The number of rotatable bonds is 8. The molecule has 3 N–H and O–H groups in total. The number of benzene rings is 1. The fourth-order valence-corrected chi connectivity index (χ4v) is 3.72. The predicted octanol–water partition coefficient (Wildman–Crippen LogP) is 3.81. The lowest BCUT2D eigenvalue weighted by Crippen LogP contribution is -2.39. The molecule has 0 spiro atoms. The Labute approximate surface area is 180 Å². The van der Waals surface area contributed by atoms with Crippen LogP contribution < -0.4 is 20.5 Å². The maximum atomic E-state index is 5.99. The van der Waals surface area contributed by atoms with Gasteiger partial charge in [0, 0.05) is 31.4 Å². The lowest BCUT2D eigenvalue weighted by molar-refractivity contribution is 0.139. The number of halogens is 1. The van der Waals surface area contributed by atoms with Crippen LogP contribution in [0.15, 0.2) is 23.2 Å². The van der Waals surface area contributed by atoms with Crippen molar-refractivity contribution in [3.63, 3.8) is 0 Å². The van der Waals surface area contributed by atoms with Crippen molar-refractivity contribution in [3.8, 4) is 11.5 Å². The Morgan fingerprint density at radius 3 is 2.44 bits per heavy atom. The minimum atomic E-state index is 0. The van der Waals surface area contributed by atoms with Gasteiger partial charge in [0.25, 0.3) is 0 Å². The van der Waals surface area contributed by atoms with E-state index in [1.807, 2.05) is 18.2 Å². The maximum Gasteiger partial charge on any atom is 0.193 e. The Morgan fingerprint density at radius 2 is 1.81 bits per heavy atom. The summed E-state index contributed by atoms with van der Waals surface area (Å²) in [6, 6.07) is 5.58. The molecule has 1 aromatic carbocycles. The summed E-state index contributed by atoms with van der Waals surface area (Å²) in [5.74, 6) is 3.42. The van der Waals surface area contributed by atoms with E-state index < -0.39 is 0 Å². The van der Waals surface area contributed by atoms with Gasteiger partial charge in [-0.05, 0) is 49.8 Å². The number of nitrogens with zero attached hydrogens (tertiary/aromatic N) is 2. The van der Waals surface area contributed by atoms with E-state index in [-0.39, 0.29) is 24.0 Å². The van der Waals surface area contributed by atoms with Gasteiger partial charge in [0.05, 0.1) is 14.2 Å². The van der Waals surface area contributed by atoms with Crippen LogP contribution in [-0.2, 0) is 0 Å². The fourth-order valence-electron chi connectivity index (χ4n) is 3.72. The van der Waals surface area contributed by atoms with Crippen LogP contribution in [0.5, 0.6) is 11.5 Å². The summed E-state index contributed by atoms with van der Waals surface area (Å²) in [7, 11) is 3.23. The highest BCUT2D eigenvalue weighted by molar-refractivity contribution is 14.0. The molecule has 1 fully saturated rings. The van der Waals surface area contributed by atoms with Gasteiger partial charge in [-0.15, -0.1) is 24.0 Å². The molecule has 2 unspecified atom stereocenters. The molecule has 1 aliphatic heterocycles. The van der Waals surface area contributed by atoms with Crippen LogP contribution in [0.4, 0.5) is 5.69 Å². The molecule has 1 aliphatic rings. The first-order chi connectivity index (χ1) is 12.5. The first kappa shape index (κ1) is 23.8. The second-order valence-electron chi connectivity index (χ2n) is 7.37. The number of likely N-dealkylation sites (tertiary alicyclic amines) is 1. The molecule has 1 aromatic rings. The number of ether oxygens (including phenoxy) is 2. The van der Waals surface area contributed by atoms with E-state index in [0.29, 0.717) is 17.5 Å². The predicted molar refractivity (Wildman–Crippen MR) is 124 cm³/mol. The molecule has 0 bridgehead atoms. The number of guanidine groups is 1. The van der Waals surface area contributed by atoms with Crippen molar-refractivity contribution in [1.29, 1.82) is 0 Å². The monoisotopic (exact) mass is 490 g/mol. The van der Waals surface area contributed by atoms with E-state index in [1.54, 1.807) is 14.2 Å². The molecule has 0 saturated carbocycles. The normalized spacial score (nSPS) is 20.7. The molecule has 0 radical (unpaired) electrons. The topological polar surface area (TPSA) is 72.1 Å². The molecular weight excluding hydrogens is 455 g/mol. The van der Waals surface area contributed by atoms with Gasteiger partial charge in [-0.2, -0.15) is 0 Å². The second kappa shape index (κ2) is 12.3. The van der Waals surface area contributed by atoms with Gasteiger partial charge >= 0.3 is 0 Å². The minimum absolute atomic E-state index is 0. The zero-order chi connectivity index (χ0) is 18.9. The zero-order valence-corrected chi connectivity index (χ0v) is 19.4. The Morgan fingerprint density at radius 1 is 1.15 bits per heavy atom. The van der Waals surface area contributed by atoms with Crippen LogP contribution >= 0.6 is 24.0 Å². The molecule has 154 valence electrons. The van der Waals surface area contributed by atoms with Crippen LogP contribution in [0.1, 0.15) is 33.1 Å². The third-order valence-corrected chi connectivity index (χ3v) is 4.77. The van der Waals surface area contributed by atoms with E-state index >= 15 is 0 Å². The highest BCUT2D eigenvalue weighted by Crippen LogP contribution is 2.29. The third kappa shape index (κ3) is 8.13. The number of unbranched alkanes of at least 4 members (excludes halogenated alkanes) is 1. The average molecular weight is 490 g/mol. The van der Waals surface area contributed by atoms with E-state index in [1.165, 1.54) is 19.5 Å². The van der Waals surface area contributed by atoms with Crippen LogP contribution in [0.2, 0.25) is 0 Å². The van der Waals surface area contributed by atoms with E-state index in [4.69, 9.17) is 15.2 Å². The Balaban J connectivity index is 0.00000364. The number of nitrogens with one attached hydrogen (secondary N) is 1. The molecule has 7 heteroatoms. The van der Waals surface area contributed by atoms with Crippen LogP contribution in [-0.4, -0.2) is 51.3 Å². The van der Waals surface area contributed by atoms with Gasteiger partial charge in [-0.1, -0.05) is 13.8 Å². The molecule has 1 heterocycles. The average Bonchev–Trinajstić information content (AvgIpc) is 2.60. The fraction of sp³-hybridized carbons (Fsp3) is 0.650. The third-order valence-electron chi connectivity index (χ3n) is 4.77. The second-order valence-corrected chi connectivity index (χ2v) is 7.37. The van der Waals surface area contributed by atoms with Crippen molar-refractivity contribution in [3.05, 3.63) is 18.2 Å². The Hall–Kier alpha value is -1.22. The SMILES string of the molecule is COc1ccc(NC(N)=NCCCCN2CC(C)CC(C)C2)cc1OC.I. The van der Waals surface area contributed by atoms with Crippen LogP contribution in [0, 0.1) is 11.8 Å². The molecule has 2 rings (SSSR count). The summed E-state index contributed by atoms with van der Waals surface area (Å²) in [5.41, 5.74) is 6.82. The summed E-state index contributed by atoms with van der Waals surface area (Å²) in [6.07, 6.45) is 3.57. The summed E-state index contributed by atoms with van der Waals surface area (Å²) < 4.78 is 10.5. The molecule has 27 heavy (non-hydrogen) atoms. The number of hydrogen-bond donors (Lipinski definition) is 2. The summed E-state index contributed by atoms with van der Waals surface area (Å²) in [5, 5.41) is 3.10. The van der Waals surface area contributed by atoms with Gasteiger partial charge in [0.2, 0.25) is 0 Å². The zero-order valence-electron chi connectivity index (χ0n) is 17.0. The van der Waals surface area contributed by atoms with Gasteiger partial charge in [-0.3, -0.25) is 4.99 Å². The molecule has 0 aliphatic carbocycles. The number of anilines is 1. The van der Waals surface area contributed by atoms with Crippen LogP contribution in [0.25, 0.3) is 0 Å². The number of aliphatic imine (C=N–C) groups is 1. The van der Waals surface area contributed by atoms with Gasteiger partial charge < -0.3 is 25.4 Å². The van der Waals surface area contributed by atoms with E-state index in [2.05, 4.69) is 29.1 Å². The molecule has 2 atom stereocenters. The number of hydrogen-bond acceptors (Lipinski definition) is 4. The van der Waals surface area contributed by atoms with Crippen molar-refractivity contribution in [2.75, 3.05) is 45.7 Å². The van der Waals surface area contributed by atoms with E-state index in [9.17, 15) is 0 Å². The lowest BCUT2D eigenvalue weighted by Gasteiger charge is -2.34. The molecule has 1 saturated heterocycles. The molecule has 0 amide bonds. The van der Waals surface area contributed by atoms with E-state index in [0.717, 1.165) is 43.5 Å². The number of nitrogens with two attached hydrogens (primary N) is 1. The number of methoxy groups -OCH3 is 2. The Bertz CT molecular complexity index is 587. The Kier molecular flexibility index (Phi) is 10.8. The lowest BCUT2D eigenvalue weighted by atomic mass is 9.92. The minimum Gasteiger partial charge on any atom is -0.493 e. The standard InChI is InChI=1S/C20H34N4O2.HI/c1-15-11-16(2)14-24(13-15)10-6-5-9-22-20(21)23-17-7-8-18(25-3)19(12-17)26-4;/h7-8,12,15-16H,5-6,9-11,13-14H2,1-4H3,(H3,21,22,23);1H. The maximum absolute atomic E-state index is 5.99. The van der Waals surface area contributed by atoms with Gasteiger partial charge in [0.1, 0.15) is 0 Å². The van der Waals surface area contributed by atoms with Crippen molar-refractivity contribution < 1.29 is 9.47 Å². The molecule has 0 aromatic heterocycles. The van der Waals surface area contributed by atoms with Crippen molar-refractivity contribution >= 4 is 35.6 Å². The first-order valence-electron chi connectivity index (χ1n) is 9.53. The summed E-state index contributed by atoms with van der Waals surface area (Å²) in [6.45, 7) is 9.08. The number of piperidine rings is 1. The highest BCUT2D eigenvalue weighted by Gasteiger charge is 2.20. The molecular formula is C20H35IN4O2. The summed E-state index contributed by atoms with van der Waals surface area (Å²) >= 11 is 0. The first-order valence-corrected chi connectivity index (χ1v) is 9.53. The molecule has 6 nitrogen and oxygen atoms in total. The quantitative estimate of drug-likeness (QED) is 0.251. The van der Waals surface area contributed by atoms with Gasteiger partial charge in [-0.25, -0.2) is 0 Å². The highest BCUT2D eigenvalue weighted by atomic mass is 127. The van der Waals surface area contributed by atoms with Crippen LogP contribution in [0.3, 0.4) is 0 Å². The van der Waals surface area contributed by atoms with Crippen molar-refractivity contribution in [2.24, 2.45) is 22.6 Å². The largest absolute Gasteiger partial charge is 0.493 e. The van der Waals surface area contributed by atoms with Crippen molar-refractivity contribution in [2.45, 2.75) is 33.1 Å². The van der Waals surface area contributed by atoms with Crippen molar-refractivity contribution in [1.82, 2.24) is 4.90 Å². The smallest absolute Gasteiger partial charge is 0.193 e.